The maximum atomic E-state index is 12.9. The number of Topliss-reactive ketones (excluding diaryl/α,β-unsaturated/α-hetero) is 1. The summed E-state index contributed by atoms with van der Waals surface area (Å²) >= 11 is 8.14. The number of carbonyl (C=O) groups excluding carboxylic acids is 1. The van der Waals surface area contributed by atoms with Crippen LogP contribution in [0.1, 0.15) is 10.4 Å². The van der Waals surface area contributed by atoms with Crippen LogP contribution in [0.25, 0.3) is 0 Å². The highest BCUT2D eigenvalue weighted by Crippen LogP contribution is 2.29. The number of phenolic OH excluding ortho intramolecular Hbond substituents is 1. The van der Waals surface area contributed by atoms with Crippen LogP contribution in [0, 0.1) is 5.82 Å². The largest absolute Gasteiger partial charge is 0.507 e. The number of halogens is 3. The number of benzene rings is 1. The Labute approximate surface area is 87.5 Å². The standard InChI is InChI=1S/C8H5BrClFO2/c9-8-4(11)1-2-5(12)7(8)6(13)3-10/h1-2,12H,3H2. The average molecular weight is 267 g/mol. The molecule has 0 atom stereocenters. The van der Waals surface area contributed by atoms with Crippen LogP contribution < -0.4 is 0 Å². The van der Waals surface area contributed by atoms with E-state index in [1.807, 2.05) is 0 Å². The first-order chi connectivity index (χ1) is 6.07. The maximum Gasteiger partial charge on any atom is 0.182 e. The first-order valence-electron chi connectivity index (χ1n) is 3.34. The molecule has 1 N–H and O–H groups in total. The zero-order valence-electron chi connectivity index (χ0n) is 6.35. The summed E-state index contributed by atoms with van der Waals surface area (Å²) in [5, 5.41) is 9.24. The topological polar surface area (TPSA) is 37.3 Å². The van der Waals surface area contributed by atoms with Gasteiger partial charge < -0.3 is 5.11 Å². The summed E-state index contributed by atoms with van der Waals surface area (Å²) in [6.45, 7) is 0. The fourth-order valence-corrected chi connectivity index (χ4v) is 1.56. The molecule has 13 heavy (non-hydrogen) atoms. The van der Waals surface area contributed by atoms with Crippen molar-refractivity contribution < 1.29 is 14.3 Å². The van der Waals surface area contributed by atoms with Crippen LogP contribution in [0.2, 0.25) is 0 Å². The minimum Gasteiger partial charge on any atom is -0.507 e. The van der Waals surface area contributed by atoms with Crippen LogP contribution in [-0.4, -0.2) is 16.8 Å². The highest BCUT2D eigenvalue weighted by molar-refractivity contribution is 9.10. The minimum atomic E-state index is -0.605. The van der Waals surface area contributed by atoms with Gasteiger partial charge >= 0.3 is 0 Å². The number of aromatic hydroxyl groups is 1. The fraction of sp³-hybridized carbons (Fsp3) is 0.125. The molecule has 0 saturated heterocycles. The van der Waals surface area contributed by atoms with Crippen LogP contribution >= 0.6 is 27.5 Å². The first-order valence-corrected chi connectivity index (χ1v) is 4.66. The zero-order chi connectivity index (χ0) is 10.0. The van der Waals surface area contributed by atoms with Crippen molar-refractivity contribution in [1.29, 1.82) is 0 Å². The smallest absolute Gasteiger partial charge is 0.182 e. The van der Waals surface area contributed by atoms with E-state index in [0.29, 0.717) is 0 Å². The molecule has 0 amide bonds. The second-order valence-corrected chi connectivity index (χ2v) is 3.37. The summed E-state index contributed by atoms with van der Waals surface area (Å²) in [7, 11) is 0. The van der Waals surface area contributed by atoms with Crippen LogP contribution in [0.4, 0.5) is 4.39 Å². The lowest BCUT2D eigenvalue weighted by molar-refractivity contribution is 0.101. The molecular weight excluding hydrogens is 262 g/mol. The van der Waals surface area contributed by atoms with E-state index >= 15 is 0 Å². The van der Waals surface area contributed by atoms with Crippen molar-refractivity contribution in [2.24, 2.45) is 0 Å². The van der Waals surface area contributed by atoms with E-state index in [0.717, 1.165) is 12.1 Å². The molecule has 2 nitrogen and oxygen atoms in total. The molecule has 1 rings (SSSR count). The Morgan fingerprint density at radius 2 is 2.23 bits per heavy atom. The molecule has 0 aliphatic carbocycles. The van der Waals surface area contributed by atoms with Gasteiger partial charge in [-0.2, -0.15) is 0 Å². The third-order valence-electron chi connectivity index (χ3n) is 1.47. The Bertz CT molecular complexity index is 354. The van der Waals surface area contributed by atoms with Gasteiger partial charge in [0.25, 0.3) is 0 Å². The van der Waals surface area contributed by atoms with Gasteiger partial charge in [-0.1, -0.05) is 0 Å². The second kappa shape index (κ2) is 4.07. The quantitative estimate of drug-likeness (QED) is 0.661. The van der Waals surface area contributed by atoms with E-state index in [4.69, 9.17) is 11.6 Å². The van der Waals surface area contributed by atoms with Gasteiger partial charge in [-0.05, 0) is 28.1 Å². The number of phenols is 1. The van der Waals surface area contributed by atoms with Crippen LogP contribution in [0.5, 0.6) is 5.75 Å². The SMILES string of the molecule is O=C(CCl)c1c(O)ccc(F)c1Br. The van der Waals surface area contributed by atoms with Gasteiger partial charge in [-0.25, -0.2) is 4.39 Å². The number of ketones is 1. The minimum absolute atomic E-state index is 0.0573. The lowest BCUT2D eigenvalue weighted by Gasteiger charge is -2.04. The zero-order valence-corrected chi connectivity index (χ0v) is 8.69. The summed E-state index contributed by atoms with van der Waals surface area (Å²) in [6, 6.07) is 2.17. The summed E-state index contributed by atoms with van der Waals surface area (Å²) in [5.41, 5.74) is -0.116. The Kier molecular flexibility index (Phi) is 3.27. The van der Waals surface area contributed by atoms with Gasteiger partial charge in [0, 0.05) is 0 Å². The van der Waals surface area contributed by atoms with Crippen molar-refractivity contribution in [3.05, 3.63) is 28.0 Å². The number of alkyl halides is 1. The fourth-order valence-electron chi connectivity index (χ4n) is 0.873. The predicted octanol–water partition coefficient (Wildman–Crippen LogP) is 2.72. The van der Waals surface area contributed by atoms with Crippen LogP contribution in [0.3, 0.4) is 0 Å². The Balaban J connectivity index is 3.33. The van der Waals surface area contributed by atoms with E-state index in [2.05, 4.69) is 15.9 Å². The Morgan fingerprint density at radius 1 is 1.62 bits per heavy atom. The van der Waals surface area contributed by atoms with Crippen LogP contribution in [0.15, 0.2) is 16.6 Å². The molecule has 1 aromatic carbocycles. The molecule has 0 spiro atoms. The summed E-state index contributed by atoms with van der Waals surface area (Å²) < 4.78 is 12.8. The second-order valence-electron chi connectivity index (χ2n) is 2.31. The summed E-state index contributed by atoms with van der Waals surface area (Å²) in [4.78, 5) is 11.1. The van der Waals surface area contributed by atoms with E-state index in [1.54, 1.807) is 0 Å². The average Bonchev–Trinajstić information content (AvgIpc) is 2.12. The third-order valence-corrected chi connectivity index (χ3v) is 2.49. The van der Waals surface area contributed by atoms with E-state index in [-0.39, 0.29) is 21.7 Å². The predicted molar refractivity (Wildman–Crippen MR) is 50.8 cm³/mol. The van der Waals surface area contributed by atoms with Crippen molar-refractivity contribution in [2.75, 3.05) is 5.88 Å². The summed E-state index contributed by atoms with van der Waals surface area (Å²) in [6.07, 6.45) is 0. The monoisotopic (exact) mass is 266 g/mol. The molecular formula is C8H5BrClFO2. The van der Waals surface area contributed by atoms with Crippen molar-refractivity contribution >= 4 is 33.3 Å². The molecule has 0 fully saturated rings. The van der Waals surface area contributed by atoms with Crippen molar-refractivity contribution in [2.45, 2.75) is 0 Å². The van der Waals surface area contributed by atoms with E-state index < -0.39 is 11.6 Å². The third kappa shape index (κ3) is 2.00. The van der Waals surface area contributed by atoms with E-state index in [1.165, 1.54) is 0 Å². The normalized spacial score (nSPS) is 10.1. The number of hydrogen-bond acceptors (Lipinski definition) is 2. The lowest BCUT2D eigenvalue weighted by atomic mass is 10.1. The number of rotatable bonds is 2. The van der Waals surface area contributed by atoms with Gasteiger partial charge in [0.05, 0.1) is 15.9 Å². The molecule has 1 aromatic rings. The molecule has 0 radical (unpaired) electrons. The molecule has 5 heteroatoms. The molecule has 0 bridgehead atoms. The Morgan fingerprint density at radius 3 is 2.77 bits per heavy atom. The van der Waals surface area contributed by atoms with Crippen molar-refractivity contribution in [3.63, 3.8) is 0 Å². The molecule has 0 aliphatic heterocycles. The number of carbonyl (C=O) groups is 1. The molecule has 70 valence electrons. The number of hydrogen-bond donors (Lipinski definition) is 1. The van der Waals surface area contributed by atoms with E-state index in [9.17, 15) is 14.3 Å². The first kappa shape index (κ1) is 10.5. The molecule has 0 aliphatic rings. The highest BCUT2D eigenvalue weighted by Gasteiger charge is 2.16. The summed E-state index contributed by atoms with van der Waals surface area (Å²) in [5.74, 6) is -1.70. The van der Waals surface area contributed by atoms with Gasteiger partial charge in [0.1, 0.15) is 11.6 Å². The van der Waals surface area contributed by atoms with Gasteiger partial charge in [-0.3, -0.25) is 4.79 Å². The molecule has 0 aromatic heterocycles. The maximum absolute atomic E-state index is 12.9. The van der Waals surface area contributed by atoms with Crippen molar-refractivity contribution in [3.8, 4) is 5.75 Å². The van der Waals surface area contributed by atoms with Crippen molar-refractivity contribution in [1.82, 2.24) is 0 Å². The highest BCUT2D eigenvalue weighted by atomic mass is 79.9. The molecule has 0 unspecified atom stereocenters. The lowest BCUT2D eigenvalue weighted by Crippen LogP contribution is -2.03. The Hall–Kier alpha value is -0.610. The molecule has 0 heterocycles. The van der Waals surface area contributed by atoms with Crippen LogP contribution in [-0.2, 0) is 0 Å². The molecule has 0 saturated carbocycles. The van der Waals surface area contributed by atoms with Gasteiger partial charge in [0.15, 0.2) is 5.78 Å². The van der Waals surface area contributed by atoms with Gasteiger partial charge in [0.2, 0.25) is 0 Å². The van der Waals surface area contributed by atoms with Gasteiger partial charge in [-0.15, -0.1) is 11.6 Å².